The van der Waals surface area contributed by atoms with Crippen molar-refractivity contribution < 1.29 is 17.3 Å². The Labute approximate surface area is 244 Å². The molecule has 0 atom stereocenters. The molecule has 1 aliphatic rings. The fourth-order valence-electron chi connectivity index (χ4n) is 4.25. The minimum absolute atomic E-state index is 0.0212. The fraction of sp³-hybridized carbons (Fsp3) is 0.600. The number of nitrogens with one attached hydrogen (secondary N) is 1. The van der Waals surface area contributed by atoms with E-state index in [0.29, 0.717) is 25.7 Å². The van der Waals surface area contributed by atoms with E-state index in [1.54, 1.807) is 24.3 Å². The molecule has 0 saturated heterocycles. The highest BCUT2D eigenvalue weighted by Crippen LogP contribution is 2.50. The molecule has 2 aromatic rings. The zero-order valence-electron chi connectivity index (χ0n) is 25.4. The Morgan fingerprint density at radius 1 is 0.846 bits per heavy atom. The van der Waals surface area contributed by atoms with Gasteiger partial charge >= 0.3 is 0 Å². The lowest BCUT2D eigenvalue weighted by Gasteiger charge is -2.41. The molecule has 1 fully saturated rings. The van der Waals surface area contributed by atoms with Crippen molar-refractivity contribution in [2.75, 3.05) is 0 Å². The molecule has 0 amide bonds. The van der Waals surface area contributed by atoms with Crippen molar-refractivity contribution in [2.45, 2.75) is 119 Å². The SMILES string of the molecule is CC(C)(C)[Si](C)(C)Oc1ccc(C2(Cl)CCC(NS(=O)(=O)c3ccccc3)CC2)c(O[Si](C)(C)C(C)(C)C)c1. The van der Waals surface area contributed by atoms with Crippen LogP contribution in [0.2, 0.25) is 36.3 Å². The van der Waals surface area contributed by atoms with E-state index in [9.17, 15) is 8.42 Å². The molecular weight excluding hydrogens is 562 g/mol. The first-order valence-electron chi connectivity index (χ1n) is 14.0. The number of sulfonamides is 1. The number of hydrogen-bond donors (Lipinski definition) is 1. The second kappa shape index (κ2) is 11.2. The number of alkyl halides is 1. The van der Waals surface area contributed by atoms with E-state index in [4.69, 9.17) is 20.5 Å². The molecule has 39 heavy (non-hydrogen) atoms. The largest absolute Gasteiger partial charge is 0.543 e. The summed E-state index contributed by atoms with van der Waals surface area (Å²) in [5.41, 5.74) is 0.973. The normalized spacial score (nSPS) is 21.5. The maximum absolute atomic E-state index is 12.9. The smallest absolute Gasteiger partial charge is 0.250 e. The monoisotopic (exact) mass is 609 g/mol. The van der Waals surface area contributed by atoms with Crippen LogP contribution in [0.5, 0.6) is 11.5 Å². The minimum Gasteiger partial charge on any atom is -0.543 e. The second-order valence-electron chi connectivity index (χ2n) is 14.1. The Morgan fingerprint density at radius 2 is 1.36 bits per heavy atom. The van der Waals surface area contributed by atoms with Crippen molar-refractivity contribution in [1.29, 1.82) is 0 Å². The summed E-state index contributed by atoms with van der Waals surface area (Å²) in [6, 6.07) is 14.5. The van der Waals surface area contributed by atoms with Crippen LogP contribution >= 0.6 is 11.6 Å². The molecule has 1 aliphatic carbocycles. The van der Waals surface area contributed by atoms with E-state index in [2.05, 4.69) is 78.5 Å². The minimum atomic E-state index is -3.57. The van der Waals surface area contributed by atoms with Gasteiger partial charge in [0, 0.05) is 17.7 Å². The molecule has 0 spiro atoms. The topological polar surface area (TPSA) is 64.6 Å². The number of hydrogen-bond acceptors (Lipinski definition) is 4. The summed E-state index contributed by atoms with van der Waals surface area (Å²) in [5.74, 6) is 1.62. The molecule has 5 nitrogen and oxygen atoms in total. The first-order valence-corrected chi connectivity index (χ1v) is 21.6. The molecule has 3 rings (SSSR count). The lowest BCUT2D eigenvalue weighted by Crippen LogP contribution is -2.45. The highest BCUT2D eigenvalue weighted by atomic mass is 35.5. The van der Waals surface area contributed by atoms with Crippen LogP contribution in [-0.4, -0.2) is 31.1 Å². The van der Waals surface area contributed by atoms with Crippen molar-refractivity contribution in [3.8, 4) is 11.5 Å². The first kappa shape index (κ1) is 32.2. The molecule has 0 aromatic heterocycles. The summed E-state index contributed by atoms with van der Waals surface area (Å²) < 4.78 is 42.2. The molecule has 0 aliphatic heterocycles. The first-order chi connectivity index (χ1) is 17.7. The lowest BCUT2D eigenvalue weighted by atomic mass is 9.81. The van der Waals surface area contributed by atoms with Crippen molar-refractivity contribution in [3.63, 3.8) is 0 Å². The molecule has 2 aromatic carbocycles. The molecule has 0 unspecified atom stereocenters. The van der Waals surface area contributed by atoms with Gasteiger partial charge in [0.25, 0.3) is 0 Å². The van der Waals surface area contributed by atoms with Gasteiger partial charge in [-0.15, -0.1) is 11.6 Å². The van der Waals surface area contributed by atoms with E-state index in [-0.39, 0.29) is 21.0 Å². The average molecular weight is 610 g/mol. The van der Waals surface area contributed by atoms with Crippen molar-refractivity contribution in [2.24, 2.45) is 0 Å². The van der Waals surface area contributed by atoms with Gasteiger partial charge < -0.3 is 8.85 Å². The van der Waals surface area contributed by atoms with E-state index in [1.807, 2.05) is 18.2 Å². The maximum atomic E-state index is 12.9. The van der Waals surface area contributed by atoms with Gasteiger partial charge in [0.2, 0.25) is 26.7 Å². The van der Waals surface area contributed by atoms with Gasteiger partial charge in [-0.2, -0.15) is 0 Å². The van der Waals surface area contributed by atoms with Gasteiger partial charge in [0.15, 0.2) is 0 Å². The maximum Gasteiger partial charge on any atom is 0.250 e. The van der Waals surface area contributed by atoms with Gasteiger partial charge in [0.1, 0.15) is 11.5 Å². The summed E-state index contributed by atoms with van der Waals surface area (Å²) in [4.78, 5) is -0.350. The van der Waals surface area contributed by atoms with Crippen LogP contribution in [0.3, 0.4) is 0 Å². The van der Waals surface area contributed by atoms with E-state index in [1.165, 1.54) is 0 Å². The average Bonchev–Trinajstić information content (AvgIpc) is 2.79. The van der Waals surface area contributed by atoms with Crippen molar-refractivity contribution in [1.82, 2.24) is 4.72 Å². The molecular formula is C30H48ClNO4SSi2. The molecule has 0 bridgehead atoms. The summed E-state index contributed by atoms with van der Waals surface area (Å²) in [6.45, 7) is 22.4. The summed E-state index contributed by atoms with van der Waals surface area (Å²) in [6.07, 6.45) is 2.59. The third-order valence-electron chi connectivity index (χ3n) is 8.94. The van der Waals surface area contributed by atoms with Crippen LogP contribution in [0.1, 0.15) is 72.8 Å². The Kier molecular flexibility index (Phi) is 9.21. The Balaban J connectivity index is 1.89. The number of halogens is 1. The Morgan fingerprint density at radius 3 is 1.87 bits per heavy atom. The van der Waals surface area contributed by atoms with Crippen molar-refractivity contribution in [3.05, 3.63) is 54.1 Å². The van der Waals surface area contributed by atoms with Gasteiger partial charge in [-0.1, -0.05) is 59.7 Å². The molecule has 0 radical (unpaired) electrons. The van der Waals surface area contributed by atoms with E-state index >= 15 is 0 Å². The molecule has 0 heterocycles. The highest BCUT2D eigenvalue weighted by Gasteiger charge is 2.44. The van der Waals surface area contributed by atoms with Crippen molar-refractivity contribution >= 4 is 38.3 Å². The molecule has 1 saturated carbocycles. The Hall–Kier alpha value is -1.33. The van der Waals surface area contributed by atoms with Crippen LogP contribution < -0.4 is 13.6 Å². The van der Waals surface area contributed by atoms with Gasteiger partial charge in [-0.25, -0.2) is 13.1 Å². The summed E-state index contributed by atoms with van der Waals surface area (Å²) in [7, 11) is -7.78. The standard InChI is InChI=1S/C30H48ClNO4SSi2/c1-28(2,3)38(7,8)35-24-16-17-26(27(22-24)36-39(9,10)29(4,5)6)30(31)20-18-23(19-21-30)32-37(33,34)25-14-12-11-13-15-25/h11-17,22-23,32H,18-21H2,1-10H3. The number of rotatable bonds is 8. The third-order valence-corrected chi connectivity index (χ3v) is 19.8. The predicted molar refractivity (Wildman–Crippen MR) is 169 cm³/mol. The predicted octanol–water partition coefficient (Wildman–Crippen LogP) is 8.81. The lowest BCUT2D eigenvalue weighted by molar-refractivity contribution is 0.336. The van der Waals surface area contributed by atoms with Gasteiger partial charge in [-0.05, 0) is 86.2 Å². The quantitative estimate of drug-likeness (QED) is 0.240. The molecule has 218 valence electrons. The van der Waals surface area contributed by atoms with Crippen LogP contribution in [0.25, 0.3) is 0 Å². The molecule has 9 heteroatoms. The summed E-state index contributed by atoms with van der Waals surface area (Å²) in [5, 5.41) is 0.0959. The number of benzene rings is 2. The fourth-order valence-corrected chi connectivity index (χ4v) is 7.99. The van der Waals surface area contributed by atoms with Crippen LogP contribution in [-0.2, 0) is 14.9 Å². The second-order valence-corrected chi connectivity index (χ2v) is 25.9. The van der Waals surface area contributed by atoms with E-state index in [0.717, 1.165) is 17.1 Å². The van der Waals surface area contributed by atoms with Crippen LogP contribution in [0.15, 0.2) is 53.4 Å². The highest BCUT2D eigenvalue weighted by molar-refractivity contribution is 7.89. The molecule has 1 N–H and O–H groups in total. The zero-order valence-corrected chi connectivity index (χ0v) is 29.0. The van der Waals surface area contributed by atoms with Crippen LogP contribution in [0.4, 0.5) is 0 Å². The van der Waals surface area contributed by atoms with Gasteiger partial charge in [-0.3, -0.25) is 0 Å². The zero-order chi connectivity index (χ0) is 29.5. The third kappa shape index (κ3) is 7.50. The van der Waals surface area contributed by atoms with E-state index < -0.39 is 31.5 Å². The summed E-state index contributed by atoms with van der Waals surface area (Å²) >= 11 is 7.39. The van der Waals surface area contributed by atoms with Crippen LogP contribution in [0, 0.1) is 0 Å². The van der Waals surface area contributed by atoms with Gasteiger partial charge in [0.05, 0.1) is 9.77 Å². The Bertz CT molecular complexity index is 1240.